The normalized spacial score (nSPS) is 36.5. The lowest BCUT2D eigenvalue weighted by Crippen LogP contribution is -2.55. The van der Waals surface area contributed by atoms with Crippen LogP contribution in [0.5, 0.6) is 0 Å². The molecule has 0 aromatic carbocycles. The molecule has 5 fully saturated rings. The Kier molecular flexibility index (Phi) is 7.50. The first-order chi connectivity index (χ1) is 17.3. The molecule has 2 spiro atoms. The van der Waals surface area contributed by atoms with Crippen LogP contribution >= 0.6 is 0 Å². The lowest BCUT2D eigenvalue weighted by atomic mass is 9.86. The number of carbonyl (C=O) groups is 1. The molecule has 0 unspecified atom stereocenters. The number of rotatable bonds is 6. The number of fused-ring (bicyclic) bond motifs is 3. The van der Waals surface area contributed by atoms with Crippen molar-refractivity contribution in [2.45, 2.75) is 139 Å². The molecule has 5 rings (SSSR count). The molecular weight excluding hydrogens is 462 g/mol. The molecule has 3 saturated heterocycles. The monoisotopic (exact) mass is 503 g/mol. The number of ether oxygens (including phenoxy) is 6. The van der Waals surface area contributed by atoms with Crippen LogP contribution in [-0.4, -0.2) is 67.1 Å². The van der Waals surface area contributed by atoms with Crippen molar-refractivity contribution in [3.05, 3.63) is 0 Å². The molecule has 0 aromatic heterocycles. The van der Waals surface area contributed by atoms with Gasteiger partial charge in [0.15, 0.2) is 23.4 Å². The summed E-state index contributed by atoms with van der Waals surface area (Å²) in [6.45, 7) is 4.07. The van der Waals surface area contributed by atoms with Crippen LogP contribution in [0.2, 0.25) is 0 Å². The van der Waals surface area contributed by atoms with Crippen LogP contribution in [0.3, 0.4) is 0 Å². The molecule has 6 atom stereocenters. The molecule has 0 bridgehead atoms. The molecule has 2 saturated carbocycles. The molecule has 8 heteroatoms. The van der Waals surface area contributed by atoms with Crippen LogP contribution in [0, 0.1) is 18.3 Å². The molecule has 0 amide bonds. The molecule has 2 aliphatic carbocycles. The van der Waals surface area contributed by atoms with Gasteiger partial charge in [0, 0.05) is 38.3 Å². The highest BCUT2D eigenvalue weighted by Crippen LogP contribution is 2.50. The minimum atomic E-state index is -1.17. The molecule has 5 aliphatic rings. The highest BCUT2D eigenvalue weighted by atomic mass is 16.9. The van der Waals surface area contributed by atoms with Crippen molar-refractivity contribution in [2.24, 2.45) is 10.9 Å². The number of hydrogen-bond acceptors (Lipinski definition) is 8. The van der Waals surface area contributed by atoms with Crippen molar-refractivity contribution in [2.75, 3.05) is 7.11 Å². The molecule has 0 aromatic rings. The predicted octanol–water partition coefficient (Wildman–Crippen LogP) is 4.28. The van der Waals surface area contributed by atoms with E-state index in [4.69, 9.17) is 39.8 Å². The summed E-state index contributed by atoms with van der Waals surface area (Å²) in [5.41, 5.74) is -1.17. The topological polar surface area (TPSA) is 84.8 Å². The van der Waals surface area contributed by atoms with Crippen LogP contribution in [0.15, 0.2) is 4.99 Å². The third-order valence-corrected chi connectivity index (χ3v) is 8.32. The number of carbonyl (C=O) groups excluding carboxylic acids is 1. The number of nitrogens with zero attached hydrogens (tertiary/aromatic N) is 1. The zero-order valence-electron chi connectivity index (χ0n) is 21.9. The van der Waals surface area contributed by atoms with Gasteiger partial charge in [-0.15, -0.1) is 12.3 Å². The lowest BCUT2D eigenvalue weighted by Gasteiger charge is -2.36. The standard InChI is InChI=1S/C28H41NO7/c1-5-12-26(17-19(2)3,25(30)31-4)29-18-20-21-22(34-27(33-21)13-8-6-9-14-27)23-24(32-20)36-28(35-23)15-10-7-11-16-28/h1,18-24H,6-17H2,2-4H3/t20-,21+,22+,23-,24-,26-/m1/s1. The third kappa shape index (κ3) is 4.86. The van der Waals surface area contributed by atoms with E-state index in [1.54, 1.807) is 6.21 Å². The van der Waals surface area contributed by atoms with Gasteiger partial charge in [-0.2, -0.15) is 0 Å². The van der Waals surface area contributed by atoms with Crippen LogP contribution in [0.1, 0.15) is 90.9 Å². The van der Waals surface area contributed by atoms with E-state index in [0.717, 1.165) is 51.4 Å². The average molecular weight is 504 g/mol. The Balaban J connectivity index is 1.45. The highest BCUT2D eigenvalue weighted by molar-refractivity contribution is 5.84. The van der Waals surface area contributed by atoms with Crippen molar-refractivity contribution in [3.8, 4) is 12.3 Å². The van der Waals surface area contributed by atoms with Crippen molar-refractivity contribution in [1.82, 2.24) is 0 Å². The van der Waals surface area contributed by atoms with E-state index < -0.39 is 41.6 Å². The van der Waals surface area contributed by atoms with Crippen LogP contribution in [-0.2, 0) is 33.2 Å². The van der Waals surface area contributed by atoms with Crippen LogP contribution in [0.4, 0.5) is 0 Å². The summed E-state index contributed by atoms with van der Waals surface area (Å²) in [6, 6.07) is 0. The summed E-state index contributed by atoms with van der Waals surface area (Å²) in [7, 11) is 1.37. The van der Waals surface area contributed by atoms with Crippen molar-refractivity contribution in [3.63, 3.8) is 0 Å². The van der Waals surface area contributed by atoms with Gasteiger partial charge < -0.3 is 28.4 Å². The summed E-state index contributed by atoms with van der Waals surface area (Å²) in [5.74, 6) is 1.13. The largest absolute Gasteiger partial charge is 0.467 e. The second-order valence-corrected chi connectivity index (χ2v) is 11.6. The molecule has 0 N–H and O–H groups in total. The molecule has 0 radical (unpaired) electrons. The SMILES string of the molecule is C#CC[C@](CC(C)C)(N=C[C@H]1O[C@@H]2OC3(CCCCC3)O[C@@H]2[C@H]2OC3(CCCCC3)O[C@H]21)C(=O)OC. The number of terminal acetylenes is 1. The molecule has 200 valence electrons. The van der Waals surface area contributed by atoms with E-state index in [1.807, 2.05) is 13.8 Å². The number of esters is 1. The van der Waals surface area contributed by atoms with Gasteiger partial charge in [0.2, 0.25) is 0 Å². The molecule has 3 heterocycles. The summed E-state index contributed by atoms with van der Waals surface area (Å²) in [4.78, 5) is 17.7. The second-order valence-electron chi connectivity index (χ2n) is 11.6. The Morgan fingerprint density at radius 3 is 2.17 bits per heavy atom. The Labute approximate surface area is 214 Å². The van der Waals surface area contributed by atoms with E-state index in [-0.39, 0.29) is 24.5 Å². The number of hydrogen-bond donors (Lipinski definition) is 0. The average Bonchev–Trinajstić information content (AvgIpc) is 3.40. The maximum atomic E-state index is 12.9. The molecule has 36 heavy (non-hydrogen) atoms. The Morgan fingerprint density at radius 2 is 1.58 bits per heavy atom. The fourth-order valence-electron chi connectivity index (χ4n) is 6.74. The quantitative estimate of drug-likeness (QED) is 0.304. The Morgan fingerprint density at radius 1 is 1.00 bits per heavy atom. The van der Waals surface area contributed by atoms with Gasteiger partial charge in [0.25, 0.3) is 0 Å². The first-order valence-electron chi connectivity index (χ1n) is 13.8. The third-order valence-electron chi connectivity index (χ3n) is 8.32. The van der Waals surface area contributed by atoms with E-state index in [0.29, 0.717) is 6.42 Å². The van der Waals surface area contributed by atoms with Gasteiger partial charge in [0.05, 0.1) is 7.11 Å². The summed E-state index contributed by atoms with van der Waals surface area (Å²) >= 11 is 0. The fourth-order valence-corrected chi connectivity index (χ4v) is 6.74. The van der Waals surface area contributed by atoms with Crippen molar-refractivity contribution < 1.29 is 33.2 Å². The Bertz CT molecular complexity index is 870. The molecule has 8 nitrogen and oxygen atoms in total. The van der Waals surface area contributed by atoms with E-state index >= 15 is 0 Å². The number of methoxy groups -OCH3 is 1. The van der Waals surface area contributed by atoms with Crippen LogP contribution in [0.25, 0.3) is 0 Å². The maximum Gasteiger partial charge on any atom is 0.334 e. The van der Waals surface area contributed by atoms with E-state index in [9.17, 15) is 4.79 Å². The first kappa shape index (κ1) is 26.1. The molecule has 3 aliphatic heterocycles. The van der Waals surface area contributed by atoms with Crippen LogP contribution < -0.4 is 0 Å². The first-order valence-corrected chi connectivity index (χ1v) is 13.8. The zero-order valence-corrected chi connectivity index (χ0v) is 21.9. The smallest absolute Gasteiger partial charge is 0.334 e. The summed E-state index contributed by atoms with van der Waals surface area (Å²) < 4.78 is 38.0. The minimum Gasteiger partial charge on any atom is -0.467 e. The fraction of sp³-hybridized carbons (Fsp3) is 0.857. The summed E-state index contributed by atoms with van der Waals surface area (Å²) in [6.07, 6.45) is 15.8. The van der Waals surface area contributed by atoms with E-state index in [1.165, 1.54) is 20.0 Å². The maximum absolute atomic E-state index is 12.9. The number of aliphatic imine (C=N–C) groups is 1. The van der Waals surface area contributed by atoms with Gasteiger partial charge in [-0.05, 0) is 38.0 Å². The van der Waals surface area contributed by atoms with Crippen molar-refractivity contribution >= 4 is 12.2 Å². The van der Waals surface area contributed by atoms with Gasteiger partial charge in [-0.25, -0.2) is 4.79 Å². The zero-order chi connectivity index (χ0) is 25.4. The van der Waals surface area contributed by atoms with Gasteiger partial charge in [-0.1, -0.05) is 26.7 Å². The molecular formula is C28H41NO7. The van der Waals surface area contributed by atoms with Crippen molar-refractivity contribution in [1.29, 1.82) is 0 Å². The van der Waals surface area contributed by atoms with Gasteiger partial charge in [-0.3, -0.25) is 4.99 Å². The summed E-state index contributed by atoms with van der Waals surface area (Å²) in [5, 5.41) is 0. The van der Waals surface area contributed by atoms with Gasteiger partial charge >= 0.3 is 5.97 Å². The predicted molar refractivity (Wildman–Crippen MR) is 132 cm³/mol. The Hall–Kier alpha value is -1.50. The van der Waals surface area contributed by atoms with E-state index in [2.05, 4.69) is 5.92 Å². The second kappa shape index (κ2) is 10.3. The van der Waals surface area contributed by atoms with Gasteiger partial charge in [0.1, 0.15) is 24.4 Å². The lowest BCUT2D eigenvalue weighted by molar-refractivity contribution is -0.240. The highest BCUT2D eigenvalue weighted by Gasteiger charge is 2.63. The minimum absolute atomic E-state index is 0.144.